The molecule has 0 aliphatic carbocycles. The van der Waals surface area contributed by atoms with Crippen molar-refractivity contribution in [2.24, 2.45) is 0 Å². The van der Waals surface area contributed by atoms with E-state index in [-0.39, 0.29) is 5.82 Å². The molecule has 18 heavy (non-hydrogen) atoms. The fraction of sp³-hybridized carbons (Fsp3) is 0.231. The second-order valence-corrected chi connectivity index (χ2v) is 6.56. The van der Waals surface area contributed by atoms with E-state index >= 15 is 0 Å². The van der Waals surface area contributed by atoms with Gasteiger partial charge >= 0.3 is 0 Å². The van der Waals surface area contributed by atoms with Gasteiger partial charge in [0.15, 0.2) is 0 Å². The molecule has 0 spiro atoms. The molecule has 0 aliphatic rings. The van der Waals surface area contributed by atoms with Gasteiger partial charge in [-0.05, 0) is 57.7 Å². The molecular weight excluding hydrogens is 315 g/mol. The molecule has 2 N–H and O–H groups in total. The first-order chi connectivity index (χ1) is 8.54. The van der Waals surface area contributed by atoms with Gasteiger partial charge in [-0.1, -0.05) is 6.07 Å². The molecule has 0 radical (unpaired) electrons. The van der Waals surface area contributed by atoms with Crippen molar-refractivity contribution in [1.82, 2.24) is 4.90 Å². The van der Waals surface area contributed by atoms with Crippen LogP contribution in [0, 0.1) is 5.82 Å². The van der Waals surface area contributed by atoms with Crippen LogP contribution in [0.25, 0.3) is 0 Å². The number of hydrogen-bond acceptors (Lipinski definition) is 3. The molecule has 0 unspecified atom stereocenters. The number of halogens is 2. The van der Waals surface area contributed by atoms with Crippen LogP contribution in [0.2, 0.25) is 0 Å². The van der Waals surface area contributed by atoms with E-state index in [1.54, 1.807) is 17.4 Å². The van der Waals surface area contributed by atoms with Crippen LogP contribution in [-0.4, -0.2) is 11.9 Å². The lowest BCUT2D eigenvalue weighted by atomic mass is 10.1. The van der Waals surface area contributed by atoms with Gasteiger partial charge < -0.3 is 5.73 Å². The van der Waals surface area contributed by atoms with E-state index in [9.17, 15) is 4.39 Å². The Morgan fingerprint density at radius 3 is 2.72 bits per heavy atom. The minimum Gasteiger partial charge on any atom is -0.398 e. The summed E-state index contributed by atoms with van der Waals surface area (Å²) in [4.78, 5) is 2.15. The van der Waals surface area contributed by atoms with Crippen LogP contribution in [0.5, 0.6) is 0 Å². The predicted molar refractivity (Wildman–Crippen MR) is 78.0 cm³/mol. The number of nitrogens with two attached hydrogens (primary N) is 1. The average molecular weight is 329 g/mol. The Kier molecular flexibility index (Phi) is 4.37. The van der Waals surface area contributed by atoms with Crippen molar-refractivity contribution in [1.29, 1.82) is 0 Å². The fourth-order valence-corrected chi connectivity index (χ4v) is 3.00. The van der Waals surface area contributed by atoms with Crippen molar-refractivity contribution in [2.45, 2.75) is 13.1 Å². The third-order valence-electron chi connectivity index (χ3n) is 2.62. The van der Waals surface area contributed by atoms with Gasteiger partial charge in [-0.2, -0.15) is 0 Å². The highest BCUT2D eigenvalue weighted by atomic mass is 79.9. The van der Waals surface area contributed by atoms with Gasteiger partial charge in [0.25, 0.3) is 0 Å². The zero-order chi connectivity index (χ0) is 13.1. The molecule has 2 aromatic rings. The molecule has 1 heterocycles. The summed E-state index contributed by atoms with van der Waals surface area (Å²) < 4.78 is 14.1. The normalized spacial score (nSPS) is 11.1. The van der Waals surface area contributed by atoms with Crippen LogP contribution < -0.4 is 5.73 Å². The minimum absolute atomic E-state index is 0.291. The van der Waals surface area contributed by atoms with Gasteiger partial charge in [-0.25, -0.2) is 4.39 Å². The lowest BCUT2D eigenvalue weighted by Crippen LogP contribution is -2.17. The van der Waals surface area contributed by atoms with E-state index in [1.165, 1.54) is 17.7 Å². The SMILES string of the molecule is CN(Cc1csc(Br)c1)Cc1ccc(F)cc1N. The summed E-state index contributed by atoms with van der Waals surface area (Å²) in [6.45, 7) is 1.55. The third kappa shape index (κ3) is 3.54. The molecule has 96 valence electrons. The number of nitrogens with zero attached hydrogens (tertiary/aromatic N) is 1. The summed E-state index contributed by atoms with van der Waals surface area (Å²) in [6.07, 6.45) is 0. The summed E-state index contributed by atoms with van der Waals surface area (Å²) in [6, 6.07) is 6.66. The Balaban J connectivity index is 2.00. The largest absolute Gasteiger partial charge is 0.398 e. The molecule has 5 heteroatoms. The molecule has 0 bridgehead atoms. The molecule has 1 aromatic heterocycles. The van der Waals surface area contributed by atoms with E-state index in [2.05, 4.69) is 32.3 Å². The first kappa shape index (κ1) is 13.5. The highest BCUT2D eigenvalue weighted by Gasteiger charge is 2.06. The van der Waals surface area contributed by atoms with E-state index < -0.39 is 0 Å². The van der Waals surface area contributed by atoms with Gasteiger partial charge in [0.05, 0.1) is 3.79 Å². The highest BCUT2D eigenvalue weighted by molar-refractivity contribution is 9.11. The van der Waals surface area contributed by atoms with Crippen molar-refractivity contribution in [2.75, 3.05) is 12.8 Å². The molecule has 0 saturated carbocycles. The fourth-order valence-electron chi connectivity index (χ4n) is 1.80. The van der Waals surface area contributed by atoms with Crippen LogP contribution >= 0.6 is 27.3 Å². The number of thiophene rings is 1. The van der Waals surface area contributed by atoms with Crippen LogP contribution in [0.1, 0.15) is 11.1 Å². The van der Waals surface area contributed by atoms with Crippen molar-refractivity contribution in [3.63, 3.8) is 0 Å². The molecule has 2 rings (SSSR count). The van der Waals surface area contributed by atoms with Crippen LogP contribution in [-0.2, 0) is 13.1 Å². The Bertz CT molecular complexity index is 542. The maximum atomic E-state index is 12.9. The summed E-state index contributed by atoms with van der Waals surface area (Å²) in [5, 5.41) is 2.12. The second kappa shape index (κ2) is 5.82. The molecule has 0 amide bonds. The highest BCUT2D eigenvalue weighted by Crippen LogP contribution is 2.22. The number of anilines is 1. The summed E-state index contributed by atoms with van der Waals surface area (Å²) in [5.74, 6) is -0.291. The van der Waals surface area contributed by atoms with Gasteiger partial charge in [-0.15, -0.1) is 11.3 Å². The van der Waals surface area contributed by atoms with E-state index in [4.69, 9.17) is 5.73 Å². The van der Waals surface area contributed by atoms with Gasteiger partial charge in [0.1, 0.15) is 5.82 Å². The Labute approximate surface area is 118 Å². The molecule has 0 saturated heterocycles. The average Bonchev–Trinajstić information content (AvgIpc) is 2.68. The standard InChI is InChI=1S/C13H14BrFN2S/c1-17(6-9-4-13(14)18-8-9)7-10-2-3-11(15)5-12(10)16/h2-5,8H,6-7,16H2,1H3. The second-order valence-electron chi connectivity index (χ2n) is 4.27. The lowest BCUT2D eigenvalue weighted by Gasteiger charge is -2.17. The van der Waals surface area contributed by atoms with E-state index in [1.807, 2.05) is 7.05 Å². The summed E-state index contributed by atoms with van der Waals surface area (Å²) in [7, 11) is 2.02. The predicted octanol–water partition coefficient (Wildman–Crippen LogP) is 3.86. The maximum absolute atomic E-state index is 12.9. The molecule has 0 fully saturated rings. The smallest absolute Gasteiger partial charge is 0.125 e. The van der Waals surface area contributed by atoms with Crippen LogP contribution in [0.15, 0.2) is 33.4 Å². The van der Waals surface area contributed by atoms with Crippen molar-refractivity contribution < 1.29 is 4.39 Å². The number of hydrogen-bond donors (Lipinski definition) is 1. The summed E-state index contributed by atoms with van der Waals surface area (Å²) >= 11 is 5.12. The quantitative estimate of drug-likeness (QED) is 0.863. The number of nitrogen functional groups attached to an aromatic ring is 1. The monoisotopic (exact) mass is 328 g/mol. The van der Waals surface area contributed by atoms with Crippen molar-refractivity contribution in [3.8, 4) is 0 Å². The first-order valence-electron chi connectivity index (χ1n) is 5.50. The molecule has 1 aromatic carbocycles. The van der Waals surface area contributed by atoms with Crippen molar-refractivity contribution >= 4 is 33.0 Å². The Morgan fingerprint density at radius 1 is 1.33 bits per heavy atom. The third-order valence-corrected chi connectivity index (χ3v) is 4.18. The van der Waals surface area contributed by atoms with Crippen LogP contribution in [0.3, 0.4) is 0 Å². The van der Waals surface area contributed by atoms with Gasteiger partial charge in [-0.3, -0.25) is 4.90 Å². The number of rotatable bonds is 4. The van der Waals surface area contributed by atoms with Crippen LogP contribution in [0.4, 0.5) is 10.1 Å². The van der Waals surface area contributed by atoms with E-state index in [0.717, 1.165) is 15.9 Å². The topological polar surface area (TPSA) is 29.3 Å². The summed E-state index contributed by atoms with van der Waals surface area (Å²) in [5.41, 5.74) is 8.51. The Morgan fingerprint density at radius 2 is 2.11 bits per heavy atom. The minimum atomic E-state index is -0.291. The zero-order valence-electron chi connectivity index (χ0n) is 9.99. The number of benzene rings is 1. The maximum Gasteiger partial charge on any atom is 0.125 e. The lowest BCUT2D eigenvalue weighted by molar-refractivity contribution is 0.320. The molecular formula is C13H14BrFN2S. The zero-order valence-corrected chi connectivity index (χ0v) is 12.4. The van der Waals surface area contributed by atoms with Gasteiger partial charge in [0, 0.05) is 18.8 Å². The van der Waals surface area contributed by atoms with E-state index in [0.29, 0.717) is 12.2 Å². The molecule has 0 aliphatic heterocycles. The molecule has 0 atom stereocenters. The molecule has 2 nitrogen and oxygen atoms in total. The Hall–Kier alpha value is -0.910. The van der Waals surface area contributed by atoms with Crippen molar-refractivity contribution in [3.05, 3.63) is 50.4 Å². The van der Waals surface area contributed by atoms with Gasteiger partial charge in [0.2, 0.25) is 0 Å². The first-order valence-corrected chi connectivity index (χ1v) is 7.17.